The highest BCUT2D eigenvalue weighted by atomic mass is 35.5. The predicted octanol–water partition coefficient (Wildman–Crippen LogP) is 2.25. The van der Waals surface area contributed by atoms with Crippen molar-refractivity contribution in [3.05, 3.63) is 35.0 Å². The van der Waals surface area contributed by atoms with Gasteiger partial charge < -0.3 is 15.2 Å². The fraction of sp³-hybridized carbons (Fsp3) is 0.400. The number of fused-ring (bicyclic) bond motifs is 1. The Hall–Kier alpha value is -1.52. The number of rotatable bonds is 1. The van der Waals surface area contributed by atoms with Crippen molar-refractivity contribution in [2.45, 2.75) is 13.8 Å². The highest BCUT2D eigenvalue weighted by molar-refractivity contribution is 6.06. The van der Waals surface area contributed by atoms with Crippen molar-refractivity contribution < 1.29 is 4.79 Å². The molecule has 2 heterocycles. The fourth-order valence-electron chi connectivity index (χ4n) is 2.70. The van der Waals surface area contributed by atoms with Gasteiger partial charge in [0.25, 0.3) is 5.91 Å². The molecule has 0 bridgehead atoms. The number of aryl methyl sites for hydroxylation is 2. The number of para-hydroxylation sites is 1. The number of piperazine rings is 1. The maximum atomic E-state index is 12.6. The molecule has 2 aromatic rings. The van der Waals surface area contributed by atoms with Gasteiger partial charge in [0.2, 0.25) is 0 Å². The molecule has 1 aliphatic rings. The Morgan fingerprint density at radius 3 is 2.60 bits per heavy atom. The zero-order chi connectivity index (χ0) is 13.4. The summed E-state index contributed by atoms with van der Waals surface area (Å²) in [5.74, 6) is 0.133. The summed E-state index contributed by atoms with van der Waals surface area (Å²) in [5, 5.41) is 4.42. The second-order valence-electron chi connectivity index (χ2n) is 5.15. The number of hydrogen-bond acceptors (Lipinski definition) is 2. The molecule has 1 amide bonds. The summed E-state index contributed by atoms with van der Waals surface area (Å²) in [6.45, 7) is 7.47. The smallest absolute Gasteiger partial charge is 0.256 e. The highest BCUT2D eigenvalue weighted by Gasteiger charge is 2.21. The molecule has 1 saturated heterocycles. The van der Waals surface area contributed by atoms with Gasteiger partial charge in [-0.05, 0) is 25.5 Å². The van der Waals surface area contributed by atoms with E-state index in [-0.39, 0.29) is 18.3 Å². The lowest BCUT2D eigenvalue weighted by Crippen LogP contribution is -2.46. The van der Waals surface area contributed by atoms with Crippen LogP contribution in [0.5, 0.6) is 0 Å². The van der Waals surface area contributed by atoms with Crippen LogP contribution >= 0.6 is 12.4 Å². The van der Waals surface area contributed by atoms with E-state index in [9.17, 15) is 4.79 Å². The third kappa shape index (κ3) is 2.41. The van der Waals surface area contributed by atoms with Crippen LogP contribution in [0.15, 0.2) is 18.2 Å². The summed E-state index contributed by atoms with van der Waals surface area (Å²) in [4.78, 5) is 17.9. The summed E-state index contributed by atoms with van der Waals surface area (Å²) in [6, 6.07) is 5.96. The van der Waals surface area contributed by atoms with Gasteiger partial charge in [0.05, 0.1) is 11.1 Å². The van der Waals surface area contributed by atoms with Crippen molar-refractivity contribution in [3.8, 4) is 0 Å². The number of halogens is 1. The van der Waals surface area contributed by atoms with E-state index in [4.69, 9.17) is 0 Å². The molecule has 0 radical (unpaired) electrons. The van der Waals surface area contributed by atoms with E-state index in [0.717, 1.165) is 48.3 Å². The topological polar surface area (TPSA) is 48.1 Å². The first-order valence-electron chi connectivity index (χ1n) is 6.76. The Labute approximate surface area is 124 Å². The van der Waals surface area contributed by atoms with Gasteiger partial charge in [-0.3, -0.25) is 4.79 Å². The number of carbonyl (C=O) groups is 1. The number of hydrogen-bond donors (Lipinski definition) is 2. The van der Waals surface area contributed by atoms with Crippen LogP contribution < -0.4 is 5.32 Å². The molecule has 1 aromatic carbocycles. The molecule has 0 atom stereocenters. The van der Waals surface area contributed by atoms with Crippen LogP contribution in [0.4, 0.5) is 0 Å². The molecule has 1 aromatic heterocycles. The number of benzene rings is 1. The van der Waals surface area contributed by atoms with Crippen molar-refractivity contribution in [2.24, 2.45) is 0 Å². The Morgan fingerprint density at radius 1 is 1.20 bits per heavy atom. The zero-order valence-corrected chi connectivity index (χ0v) is 12.6. The molecule has 4 nitrogen and oxygen atoms in total. The van der Waals surface area contributed by atoms with E-state index < -0.39 is 0 Å². The summed E-state index contributed by atoms with van der Waals surface area (Å²) in [5.41, 5.74) is 4.12. The molecular formula is C15H20ClN3O. The van der Waals surface area contributed by atoms with Crippen LogP contribution in [0.2, 0.25) is 0 Å². The van der Waals surface area contributed by atoms with Crippen LogP contribution in [-0.2, 0) is 0 Å². The van der Waals surface area contributed by atoms with Gasteiger partial charge in [-0.1, -0.05) is 12.1 Å². The van der Waals surface area contributed by atoms with Crippen LogP contribution in [0.3, 0.4) is 0 Å². The molecule has 1 aliphatic heterocycles. The maximum absolute atomic E-state index is 12.6. The minimum absolute atomic E-state index is 0. The number of amides is 1. The average molecular weight is 294 g/mol. The van der Waals surface area contributed by atoms with Crippen LogP contribution in [0, 0.1) is 13.8 Å². The third-order valence-corrected chi connectivity index (χ3v) is 3.98. The minimum atomic E-state index is 0. The maximum Gasteiger partial charge on any atom is 0.256 e. The van der Waals surface area contributed by atoms with E-state index >= 15 is 0 Å². The molecule has 2 N–H and O–H groups in total. The first-order chi connectivity index (χ1) is 9.18. The van der Waals surface area contributed by atoms with Gasteiger partial charge in [-0.2, -0.15) is 0 Å². The van der Waals surface area contributed by atoms with E-state index in [2.05, 4.69) is 30.2 Å². The second kappa shape index (κ2) is 5.85. The Morgan fingerprint density at radius 2 is 1.90 bits per heavy atom. The molecule has 0 saturated carbocycles. The van der Waals surface area contributed by atoms with Crippen LogP contribution in [0.25, 0.3) is 10.9 Å². The molecule has 0 aliphatic carbocycles. The summed E-state index contributed by atoms with van der Waals surface area (Å²) >= 11 is 0. The SMILES string of the molecule is Cc1[nH]c2c(C(=O)N3CCNCC3)cccc2c1C.Cl. The molecule has 0 unspecified atom stereocenters. The van der Waals surface area contributed by atoms with Crippen molar-refractivity contribution in [3.63, 3.8) is 0 Å². The van der Waals surface area contributed by atoms with Gasteiger partial charge >= 0.3 is 0 Å². The van der Waals surface area contributed by atoms with Crippen LogP contribution in [0.1, 0.15) is 21.6 Å². The summed E-state index contributed by atoms with van der Waals surface area (Å²) < 4.78 is 0. The average Bonchev–Trinajstić information content (AvgIpc) is 2.75. The molecule has 20 heavy (non-hydrogen) atoms. The van der Waals surface area contributed by atoms with Crippen molar-refractivity contribution >= 4 is 29.2 Å². The lowest BCUT2D eigenvalue weighted by Gasteiger charge is -2.27. The first-order valence-corrected chi connectivity index (χ1v) is 6.76. The van der Waals surface area contributed by atoms with E-state index in [1.165, 1.54) is 5.56 Å². The number of aromatic nitrogens is 1. The fourth-order valence-corrected chi connectivity index (χ4v) is 2.70. The number of carbonyl (C=O) groups excluding carboxylic acids is 1. The normalized spacial score (nSPS) is 15.2. The van der Waals surface area contributed by atoms with Crippen molar-refractivity contribution in [1.29, 1.82) is 0 Å². The largest absolute Gasteiger partial charge is 0.358 e. The Bertz CT molecular complexity index is 629. The summed E-state index contributed by atoms with van der Waals surface area (Å²) in [6.07, 6.45) is 0. The number of nitrogens with zero attached hydrogens (tertiary/aromatic N) is 1. The zero-order valence-electron chi connectivity index (χ0n) is 11.8. The Balaban J connectivity index is 0.00000147. The van der Waals surface area contributed by atoms with E-state index in [1.54, 1.807) is 0 Å². The van der Waals surface area contributed by atoms with Crippen molar-refractivity contribution in [1.82, 2.24) is 15.2 Å². The van der Waals surface area contributed by atoms with E-state index in [0.29, 0.717) is 0 Å². The Kier molecular flexibility index (Phi) is 4.35. The van der Waals surface area contributed by atoms with E-state index in [1.807, 2.05) is 17.0 Å². The molecule has 0 spiro atoms. The number of nitrogens with one attached hydrogen (secondary N) is 2. The van der Waals surface area contributed by atoms with Gasteiger partial charge in [0.1, 0.15) is 0 Å². The molecular weight excluding hydrogens is 274 g/mol. The molecule has 5 heteroatoms. The van der Waals surface area contributed by atoms with Gasteiger partial charge in [0, 0.05) is 37.3 Å². The van der Waals surface area contributed by atoms with Gasteiger partial charge in [-0.15, -0.1) is 12.4 Å². The lowest BCUT2D eigenvalue weighted by molar-refractivity contribution is 0.0737. The second-order valence-corrected chi connectivity index (χ2v) is 5.15. The molecule has 3 rings (SSSR count). The summed E-state index contributed by atoms with van der Waals surface area (Å²) in [7, 11) is 0. The highest BCUT2D eigenvalue weighted by Crippen LogP contribution is 2.25. The minimum Gasteiger partial charge on any atom is -0.358 e. The van der Waals surface area contributed by atoms with Crippen molar-refractivity contribution in [2.75, 3.05) is 26.2 Å². The number of H-pyrrole nitrogens is 1. The monoisotopic (exact) mass is 293 g/mol. The lowest BCUT2D eigenvalue weighted by atomic mass is 10.1. The predicted molar refractivity (Wildman–Crippen MR) is 83.8 cm³/mol. The third-order valence-electron chi connectivity index (χ3n) is 3.98. The number of aromatic amines is 1. The molecule has 1 fully saturated rings. The quantitative estimate of drug-likeness (QED) is 0.847. The molecule has 108 valence electrons. The van der Waals surface area contributed by atoms with Gasteiger partial charge in [-0.25, -0.2) is 0 Å². The van der Waals surface area contributed by atoms with Crippen LogP contribution in [-0.4, -0.2) is 42.0 Å². The first kappa shape index (κ1) is 14.9. The standard InChI is InChI=1S/C15H19N3O.ClH/c1-10-11(2)17-14-12(10)4-3-5-13(14)15(19)18-8-6-16-7-9-18;/h3-5,16-17H,6-9H2,1-2H3;1H. The van der Waals surface area contributed by atoms with Gasteiger partial charge in [0.15, 0.2) is 0 Å².